The first-order valence-corrected chi connectivity index (χ1v) is 7.74. The Bertz CT molecular complexity index is 750. The Labute approximate surface area is 118 Å². The molecule has 108 valence electrons. The van der Waals surface area contributed by atoms with Crippen molar-refractivity contribution in [2.45, 2.75) is 24.9 Å². The number of aromatic nitrogens is 4. The minimum Gasteiger partial charge on any atom is -0.358 e. The van der Waals surface area contributed by atoms with Gasteiger partial charge in [-0.15, -0.1) is 0 Å². The first kappa shape index (κ1) is 14.5. The van der Waals surface area contributed by atoms with Crippen molar-refractivity contribution >= 4 is 25.6 Å². The van der Waals surface area contributed by atoms with Crippen LogP contribution in [0.1, 0.15) is 5.82 Å². The van der Waals surface area contributed by atoms with Crippen molar-refractivity contribution < 1.29 is 13.3 Å². The molecule has 0 unspecified atom stereocenters. The van der Waals surface area contributed by atoms with Gasteiger partial charge in [-0.1, -0.05) is 0 Å². The van der Waals surface area contributed by atoms with Gasteiger partial charge in [0.05, 0.1) is 17.8 Å². The molecular formula is C9H10ClN5O4S. The van der Waals surface area contributed by atoms with Crippen molar-refractivity contribution in [2.24, 2.45) is 0 Å². The average molecular weight is 320 g/mol. The lowest BCUT2D eigenvalue weighted by Crippen LogP contribution is -2.08. The maximum atomic E-state index is 11.3. The minimum absolute atomic E-state index is 0.254. The Hall–Kier alpha value is -1.94. The number of aryl methyl sites for hydroxylation is 3. The maximum Gasteiger partial charge on any atom is 0.410 e. The quantitative estimate of drug-likeness (QED) is 0.460. The van der Waals surface area contributed by atoms with Crippen LogP contribution in [-0.4, -0.2) is 32.7 Å². The normalized spacial score (nSPS) is 11.7. The number of rotatable bonds is 5. The van der Waals surface area contributed by atoms with Crippen molar-refractivity contribution in [2.75, 3.05) is 0 Å². The molecule has 0 saturated carbocycles. The molecule has 2 heterocycles. The fourth-order valence-corrected chi connectivity index (χ4v) is 2.56. The van der Waals surface area contributed by atoms with E-state index < -0.39 is 24.7 Å². The van der Waals surface area contributed by atoms with Crippen molar-refractivity contribution in [1.82, 2.24) is 19.3 Å². The van der Waals surface area contributed by atoms with Gasteiger partial charge in [0.1, 0.15) is 5.82 Å². The summed E-state index contributed by atoms with van der Waals surface area (Å²) in [6, 6.07) is 0. The summed E-state index contributed by atoms with van der Waals surface area (Å²) < 4.78 is 25.5. The van der Waals surface area contributed by atoms with Gasteiger partial charge in [-0.05, 0) is 11.8 Å². The van der Waals surface area contributed by atoms with Gasteiger partial charge in [-0.25, -0.2) is 13.4 Å². The van der Waals surface area contributed by atoms with Gasteiger partial charge in [0.25, 0.3) is 9.05 Å². The van der Waals surface area contributed by atoms with Gasteiger partial charge >= 0.3 is 5.82 Å². The maximum absolute atomic E-state index is 11.3. The molecule has 0 radical (unpaired) electrons. The van der Waals surface area contributed by atoms with E-state index in [1.807, 2.05) is 4.57 Å². The first-order chi connectivity index (χ1) is 9.29. The van der Waals surface area contributed by atoms with Crippen LogP contribution in [0.15, 0.2) is 23.5 Å². The molecule has 20 heavy (non-hydrogen) atoms. The van der Waals surface area contributed by atoms with Gasteiger partial charge in [0, 0.05) is 29.6 Å². The molecule has 0 aromatic carbocycles. The minimum atomic E-state index is -4.21. The molecule has 0 aliphatic rings. The van der Waals surface area contributed by atoms with Crippen LogP contribution in [0.25, 0.3) is 0 Å². The number of nitrogens with zero attached hydrogens (tertiary/aromatic N) is 5. The molecule has 0 saturated heterocycles. The third-order valence-electron chi connectivity index (χ3n) is 2.64. The summed E-state index contributed by atoms with van der Waals surface area (Å²) in [4.78, 5) is 13.3. The first-order valence-electron chi connectivity index (χ1n) is 5.43. The smallest absolute Gasteiger partial charge is 0.358 e. The van der Waals surface area contributed by atoms with E-state index in [0.29, 0.717) is 6.54 Å². The van der Waals surface area contributed by atoms with Gasteiger partial charge in [-0.2, -0.15) is 4.68 Å². The number of nitro groups is 1. The third-order valence-corrected chi connectivity index (χ3v) is 3.95. The van der Waals surface area contributed by atoms with E-state index in [2.05, 4.69) is 10.1 Å². The highest BCUT2D eigenvalue weighted by atomic mass is 35.7. The monoisotopic (exact) mass is 319 g/mol. The highest BCUT2D eigenvalue weighted by Gasteiger charge is 2.29. The molecule has 0 amide bonds. The van der Waals surface area contributed by atoms with Gasteiger partial charge in [0.2, 0.25) is 4.90 Å². The zero-order valence-corrected chi connectivity index (χ0v) is 11.9. The van der Waals surface area contributed by atoms with E-state index in [-0.39, 0.29) is 6.54 Å². The van der Waals surface area contributed by atoms with E-state index in [0.717, 1.165) is 12.0 Å². The van der Waals surface area contributed by atoms with Crippen LogP contribution in [0.2, 0.25) is 0 Å². The van der Waals surface area contributed by atoms with Crippen LogP contribution < -0.4 is 0 Å². The van der Waals surface area contributed by atoms with E-state index >= 15 is 0 Å². The highest BCUT2D eigenvalue weighted by Crippen LogP contribution is 2.24. The molecule has 2 aromatic rings. The molecule has 11 heteroatoms. The molecule has 0 aliphatic carbocycles. The Morgan fingerprint density at radius 1 is 1.45 bits per heavy atom. The van der Waals surface area contributed by atoms with E-state index in [1.54, 1.807) is 19.3 Å². The van der Waals surface area contributed by atoms with Crippen LogP contribution in [0.3, 0.4) is 0 Å². The standard InChI is InChI=1S/C9H10ClN5O4S/c1-7-11-2-3-13(7)4-5-14-6-8(20(10,18)19)9(12-14)15(16)17/h2-3,6H,4-5H2,1H3. The summed E-state index contributed by atoms with van der Waals surface area (Å²) in [6.45, 7) is 2.51. The lowest BCUT2D eigenvalue weighted by atomic mass is 10.5. The SMILES string of the molecule is Cc1nccn1CCn1cc(S(=O)(=O)Cl)c([N+](=O)[O-])n1. The molecule has 0 aliphatic heterocycles. The Balaban J connectivity index is 2.26. The largest absolute Gasteiger partial charge is 0.410 e. The predicted molar refractivity (Wildman–Crippen MR) is 68.9 cm³/mol. The fraction of sp³-hybridized carbons (Fsp3) is 0.333. The molecule has 0 bridgehead atoms. The van der Waals surface area contributed by atoms with E-state index in [1.165, 1.54) is 4.68 Å². The number of halogens is 1. The topological polar surface area (TPSA) is 113 Å². The molecule has 0 fully saturated rings. The zero-order chi connectivity index (χ0) is 14.9. The molecule has 0 atom stereocenters. The third kappa shape index (κ3) is 2.96. The lowest BCUT2D eigenvalue weighted by Gasteiger charge is -2.02. The molecule has 0 spiro atoms. The second-order valence-electron chi connectivity index (χ2n) is 3.94. The summed E-state index contributed by atoms with van der Waals surface area (Å²) in [5.74, 6) is -0.000743. The lowest BCUT2D eigenvalue weighted by molar-refractivity contribution is -0.392. The Morgan fingerprint density at radius 2 is 2.15 bits per heavy atom. The molecule has 2 rings (SSSR count). The fourth-order valence-electron chi connectivity index (χ4n) is 1.66. The van der Waals surface area contributed by atoms with Crippen molar-refractivity contribution in [3.63, 3.8) is 0 Å². The molecule has 2 aromatic heterocycles. The van der Waals surface area contributed by atoms with Gasteiger partial charge in [-0.3, -0.25) is 0 Å². The van der Waals surface area contributed by atoms with Crippen molar-refractivity contribution in [3.8, 4) is 0 Å². The summed E-state index contributed by atoms with van der Waals surface area (Å²) in [7, 11) is 0.935. The zero-order valence-electron chi connectivity index (χ0n) is 10.3. The molecule has 0 N–H and O–H groups in total. The summed E-state index contributed by atoms with van der Waals surface area (Å²) in [6.07, 6.45) is 4.41. The number of imidazole rings is 1. The number of hydrogen-bond acceptors (Lipinski definition) is 6. The van der Waals surface area contributed by atoms with Crippen LogP contribution in [0, 0.1) is 17.0 Å². The average Bonchev–Trinajstić information content (AvgIpc) is 2.91. The molecular weight excluding hydrogens is 310 g/mol. The van der Waals surface area contributed by atoms with E-state index in [4.69, 9.17) is 10.7 Å². The van der Waals surface area contributed by atoms with Crippen LogP contribution in [0.4, 0.5) is 5.82 Å². The second-order valence-corrected chi connectivity index (χ2v) is 6.48. The van der Waals surface area contributed by atoms with Gasteiger partial charge in [0.15, 0.2) is 0 Å². The highest BCUT2D eigenvalue weighted by molar-refractivity contribution is 8.13. The Morgan fingerprint density at radius 3 is 2.60 bits per heavy atom. The van der Waals surface area contributed by atoms with Crippen LogP contribution >= 0.6 is 10.7 Å². The molecule has 9 nitrogen and oxygen atoms in total. The Kier molecular flexibility index (Phi) is 3.77. The van der Waals surface area contributed by atoms with Crippen LogP contribution in [-0.2, 0) is 22.1 Å². The number of hydrogen-bond donors (Lipinski definition) is 0. The van der Waals surface area contributed by atoms with Crippen molar-refractivity contribution in [3.05, 3.63) is 34.5 Å². The summed E-state index contributed by atoms with van der Waals surface area (Å²) >= 11 is 0. The summed E-state index contributed by atoms with van der Waals surface area (Å²) in [5.41, 5.74) is 0. The van der Waals surface area contributed by atoms with Crippen LogP contribution in [0.5, 0.6) is 0 Å². The summed E-state index contributed by atoms with van der Waals surface area (Å²) in [5, 5.41) is 14.4. The van der Waals surface area contributed by atoms with E-state index in [9.17, 15) is 18.5 Å². The van der Waals surface area contributed by atoms with Crippen molar-refractivity contribution in [1.29, 1.82) is 0 Å². The predicted octanol–water partition coefficient (Wildman–Crippen LogP) is 0.924. The second kappa shape index (κ2) is 5.21. The van der Waals surface area contributed by atoms with Gasteiger partial charge < -0.3 is 14.7 Å².